The van der Waals surface area contributed by atoms with Gasteiger partial charge in [0.15, 0.2) is 0 Å². The highest BCUT2D eigenvalue weighted by Crippen LogP contribution is 2.26. The monoisotopic (exact) mass is 310 g/mol. The van der Waals surface area contributed by atoms with Crippen LogP contribution in [0.1, 0.15) is 5.56 Å². The van der Waals surface area contributed by atoms with Gasteiger partial charge in [0.2, 0.25) is 5.88 Å². The zero-order chi connectivity index (χ0) is 13.0. The van der Waals surface area contributed by atoms with Gasteiger partial charge in [0.1, 0.15) is 11.6 Å². The van der Waals surface area contributed by atoms with E-state index in [1.54, 1.807) is 12.3 Å². The molecule has 0 saturated heterocycles. The first-order chi connectivity index (χ1) is 8.69. The fourth-order valence-corrected chi connectivity index (χ4v) is 2.01. The summed E-state index contributed by atoms with van der Waals surface area (Å²) < 4.78 is 19.4. The van der Waals surface area contributed by atoms with Crippen molar-refractivity contribution in [1.29, 1.82) is 0 Å². The summed E-state index contributed by atoms with van der Waals surface area (Å²) in [5.41, 5.74) is 6.42. The molecule has 0 aliphatic carbocycles. The maximum Gasteiger partial charge on any atom is 0.222 e. The van der Waals surface area contributed by atoms with Crippen molar-refractivity contribution in [1.82, 2.24) is 4.98 Å². The van der Waals surface area contributed by atoms with Crippen molar-refractivity contribution in [3.8, 4) is 11.6 Å². The molecule has 0 unspecified atom stereocenters. The molecule has 2 rings (SSSR count). The average Bonchev–Trinajstić information content (AvgIpc) is 2.30. The van der Waals surface area contributed by atoms with E-state index in [9.17, 15) is 4.39 Å². The van der Waals surface area contributed by atoms with Crippen LogP contribution in [0, 0.1) is 5.82 Å². The summed E-state index contributed by atoms with van der Waals surface area (Å²) >= 11 is 3.22. The van der Waals surface area contributed by atoms with Gasteiger partial charge < -0.3 is 10.5 Å². The van der Waals surface area contributed by atoms with Crippen LogP contribution in [0.4, 0.5) is 4.39 Å². The number of aromatic nitrogens is 1. The Morgan fingerprint density at radius 1 is 1.33 bits per heavy atom. The summed E-state index contributed by atoms with van der Waals surface area (Å²) in [6, 6.07) is 8.07. The molecule has 1 aromatic heterocycles. The van der Waals surface area contributed by atoms with Gasteiger partial charge in [-0.1, -0.05) is 22.0 Å². The number of nitrogens with zero attached hydrogens (tertiary/aromatic N) is 1. The van der Waals surface area contributed by atoms with Crippen molar-refractivity contribution in [3.63, 3.8) is 0 Å². The van der Waals surface area contributed by atoms with Gasteiger partial charge in [0.25, 0.3) is 0 Å². The second-order valence-electron chi connectivity index (χ2n) is 3.71. The Hall–Kier alpha value is -1.46. The van der Waals surface area contributed by atoms with Crippen LogP contribution in [0.25, 0.3) is 0 Å². The summed E-state index contributed by atoms with van der Waals surface area (Å²) in [7, 11) is 0. The van der Waals surface area contributed by atoms with E-state index in [1.165, 1.54) is 12.1 Å². The van der Waals surface area contributed by atoms with Gasteiger partial charge in [-0.05, 0) is 31.2 Å². The number of benzene rings is 1. The van der Waals surface area contributed by atoms with E-state index in [0.717, 1.165) is 5.56 Å². The van der Waals surface area contributed by atoms with Crippen LogP contribution in [0.5, 0.6) is 11.6 Å². The first kappa shape index (κ1) is 13.0. The van der Waals surface area contributed by atoms with Crippen LogP contribution >= 0.6 is 15.9 Å². The molecule has 1 heterocycles. The van der Waals surface area contributed by atoms with Crippen LogP contribution in [0.15, 0.2) is 41.0 Å². The first-order valence-corrected chi connectivity index (χ1v) is 6.26. The number of rotatable bonds is 4. The predicted molar refractivity (Wildman–Crippen MR) is 71.2 cm³/mol. The largest absolute Gasteiger partial charge is 0.439 e. The van der Waals surface area contributed by atoms with Gasteiger partial charge >= 0.3 is 0 Å². The van der Waals surface area contributed by atoms with E-state index < -0.39 is 0 Å². The van der Waals surface area contributed by atoms with Gasteiger partial charge in [-0.25, -0.2) is 9.37 Å². The Balaban J connectivity index is 2.27. The van der Waals surface area contributed by atoms with Crippen molar-refractivity contribution in [2.24, 2.45) is 5.73 Å². The Bertz CT molecular complexity index is 528. The normalized spacial score (nSPS) is 10.4. The van der Waals surface area contributed by atoms with Gasteiger partial charge in [0.05, 0.1) is 0 Å². The van der Waals surface area contributed by atoms with Crippen molar-refractivity contribution in [2.45, 2.75) is 6.42 Å². The Morgan fingerprint density at radius 3 is 2.89 bits per heavy atom. The zero-order valence-corrected chi connectivity index (χ0v) is 11.2. The second kappa shape index (κ2) is 5.93. The molecular weight excluding hydrogens is 299 g/mol. The molecule has 5 heteroatoms. The topological polar surface area (TPSA) is 48.1 Å². The molecule has 3 nitrogen and oxygen atoms in total. The van der Waals surface area contributed by atoms with Gasteiger partial charge in [-0.2, -0.15) is 0 Å². The van der Waals surface area contributed by atoms with Crippen molar-refractivity contribution >= 4 is 15.9 Å². The molecule has 0 saturated carbocycles. The molecule has 0 aliphatic rings. The Labute approximate surface area is 113 Å². The molecule has 18 heavy (non-hydrogen) atoms. The molecule has 0 amide bonds. The minimum Gasteiger partial charge on any atom is -0.439 e. The van der Waals surface area contributed by atoms with Gasteiger partial charge in [0, 0.05) is 22.3 Å². The highest BCUT2D eigenvalue weighted by molar-refractivity contribution is 9.10. The summed E-state index contributed by atoms with van der Waals surface area (Å²) in [5.74, 6) is 0.495. The molecular formula is C13H12BrFN2O. The molecule has 2 aromatic rings. The van der Waals surface area contributed by atoms with Gasteiger partial charge in [-0.3, -0.25) is 0 Å². The van der Waals surface area contributed by atoms with Crippen molar-refractivity contribution in [3.05, 3.63) is 52.4 Å². The Kier molecular flexibility index (Phi) is 4.28. The summed E-state index contributed by atoms with van der Waals surface area (Å²) in [6.45, 7) is 0.509. The summed E-state index contributed by atoms with van der Waals surface area (Å²) in [4.78, 5) is 4.14. The highest BCUT2D eigenvalue weighted by Gasteiger charge is 2.07. The third-order valence-corrected chi connectivity index (χ3v) is 2.77. The van der Waals surface area contributed by atoms with Crippen LogP contribution in [-0.4, -0.2) is 11.5 Å². The van der Waals surface area contributed by atoms with E-state index in [4.69, 9.17) is 10.5 Å². The molecule has 0 radical (unpaired) electrons. The quantitative estimate of drug-likeness (QED) is 0.942. The third kappa shape index (κ3) is 3.27. The maximum atomic E-state index is 13.2. The molecule has 94 valence electrons. The van der Waals surface area contributed by atoms with Crippen LogP contribution < -0.4 is 10.5 Å². The molecule has 2 N–H and O–H groups in total. The molecule has 0 spiro atoms. The fourth-order valence-electron chi connectivity index (χ4n) is 1.56. The molecule has 0 bridgehead atoms. The highest BCUT2D eigenvalue weighted by atomic mass is 79.9. The van der Waals surface area contributed by atoms with Crippen LogP contribution in [0.2, 0.25) is 0 Å². The minimum atomic E-state index is -0.365. The first-order valence-electron chi connectivity index (χ1n) is 5.47. The number of pyridine rings is 1. The van der Waals surface area contributed by atoms with Gasteiger partial charge in [-0.15, -0.1) is 0 Å². The predicted octanol–water partition coefficient (Wildman–Crippen LogP) is 3.28. The third-order valence-electron chi connectivity index (χ3n) is 2.31. The SMILES string of the molecule is NCCc1cccnc1Oc1cc(F)cc(Br)c1. The van der Waals surface area contributed by atoms with E-state index in [0.29, 0.717) is 29.1 Å². The van der Waals surface area contributed by atoms with Crippen LogP contribution in [-0.2, 0) is 6.42 Å². The number of hydrogen-bond donors (Lipinski definition) is 1. The zero-order valence-electron chi connectivity index (χ0n) is 9.57. The number of halogens is 2. The molecule has 1 aromatic carbocycles. The average molecular weight is 311 g/mol. The summed E-state index contributed by atoms with van der Waals surface area (Å²) in [6.07, 6.45) is 2.29. The van der Waals surface area contributed by atoms with E-state index in [2.05, 4.69) is 20.9 Å². The number of nitrogens with two attached hydrogens (primary N) is 1. The van der Waals surface area contributed by atoms with Crippen molar-refractivity contribution < 1.29 is 9.13 Å². The standard InChI is InChI=1S/C13H12BrFN2O/c14-10-6-11(15)8-12(7-10)18-13-9(3-4-16)2-1-5-17-13/h1-2,5-8H,3-4,16H2. The molecule has 0 atom stereocenters. The Morgan fingerprint density at radius 2 is 2.17 bits per heavy atom. The molecule has 0 fully saturated rings. The lowest BCUT2D eigenvalue weighted by Crippen LogP contribution is -2.04. The lowest BCUT2D eigenvalue weighted by atomic mass is 10.2. The smallest absolute Gasteiger partial charge is 0.222 e. The minimum absolute atomic E-state index is 0.365. The number of hydrogen-bond acceptors (Lipinski definition) is 3. The number of ether oxygens (including phenoxy) is 1. The lowest BCUT2D eigenvalue weighted by Gasteiger charge is -2.09. The van der Waals surface area contributed by atoms with Crippen molar-refractivity contribution in [2.75, 3.05) is 6.54 Å². The van der Waals surface area contributed by atoms with E-state index in [1.807, 2.05) is 12.1 Å². The van der Waals surface area contributed by atoms with Crippen LogP contribution in [0.3, 0.4) is 0 Å². The molecule has 0 aliphatic heterocycles. The summed E-state index contributed by atoms with van der Waals surface area (Å²) in [5, 5.41) is 0. The second-order valence-corrected chi connectivity index (χ2v) is 4.63. The fraction of sp³-hybridized carbons (Fsp3) is 0.154. The lowest BCUT2D eigenvalue weighted by molar-refractivity contribution is 0.451. The maximum absolute atomic E-state index is 13.2. The van der Waals surface area contributed by atoms with E-state index >= 15 is 0 Å². The van der Waals surface area contributed by atoms with E-state index in [-0.39, 0.29) is 5.82 Å².